The third-order valence-corrected chi connectivity index (χ3v) is 4.36. The molecule has 0 spiro atoms. The Hall–Kier alpha value is -3.26. The second-order valence-corrected chi connectivity index (χ2v) is 6.43. The molecule has 132 valence electrons. The predicted octanol–water partition coefficient (Wildman–Crippen LogP) is 3.69. The lowest BCUT2D eigenvalue weighted by molar-refractivity contribution is 0.262. The van der Waals surface area contributed by atoms with Crippen molar-refractivity contribution in [1.29, 1.82) is 0 Å². The van der Waals surface area contributed by atoms with Crippen molar-refractivity contribution in [3.63, 3.8) is 0 Å². The van der Waals surface area contributed by atoms with Gasteiger partial charge in [0.2, 0.25) is 0 Å². The zero-order valence-corrected chi connectivity index (χ0v) is 15.0. The van der Waals surface area contributed by atoms with Gasteiger partial charge >= 0.3 is 6.03 Å². The number of aromatic nitrogens is 2. The molecule has 7 nitrogen and oxygen atoms in total. The van der Waals surface area contributed by atoms with Crippen LogP contribution < -0.4 is 16.4 Å². The fraction of sp³-hybridized carbons (Fsp3) is 0.111. The summed E-state index contributed by atoms with van der Waals surface area (Å²) >= 11 is 1.47. The van der Waals surface area contributed by atoms with Crippen LogP contribution in [-0.2, 0) is 6.54 Å². The first-order chi connectivity index (χ1) is 12.6. The number of hydrogen-bond donors (Lipinski definition) is 3. The highest BCUT2D eigenvalue weighted by Crippen LogP contribution is 2.16. The van der Waals surface area contributed by atoms with E-state index >= 15 is 0 Å². The van der Waals surface area contributed by atoms with Crippen molar-refractivity contribution in [2.75, 3.05) is 16.4 Å². The molecule has 0 saturated carbocycles. The summed E-state index contributed by atoms with van der Waals surface area (Å²) in [5, 5.41) is 8.26. The molecular formula is C18H18N6OS. The first-order valence-electron chi connectivity index (χ1n) is 7.89. The summed E-state index contributed by atoms with van der Waals surface area (Å²) in [6.07, 6.45) is 3.12. The van der Waals surface area contributed by atoms with Crippen molar-refractivity contribution in [2.24, 2.45) is 4.99 Å². The summed E-state index contributed by atoms with van der Waals surface area (Å²) < 4.78 is 0. The number of rotatable bonds is 5. The number of aryl methyl sites for hydroxylation is 1. The molecule has 0 unspecified atom stereocenters. The van der Waals surface area contributed by atoms with Crippen LogP contribution in [0.5, 0.6) is 0 Å². The van der Waals surface area contributed by atoms with Crippen LogP contribution >= 0.6 is 11.3 Å². The average molecular weight is 366 g/mol. The van der Waals surface area contributed by atoms with Gasteiger partial charge in [0, 0.05) is 11.9 Å². The highest BCUT2D eigenvalue weighted by Gasteiger charge is 2.04. The van der Waals surface area contributed by atoms with E-state index in [4.69, 9.17) is 5.73 Å². The molecule has 0 aliphatic heterocycles. The number of nitrogen functional groups attached to an aromatic ring is 1. The zero-order chi connectivity index (χ0) is 18.4. The van der Waals surface area contributed by atoms with Gasteiger partial charge in [0.25, 0.3) is 0 Å². The number of carbonyl (C=O) groups excluding carboxylic acids is 1. The Labute approximate surface area is 155 Å². The molecule has 4 N–H and O–H groups in total. The molecule has 0 saturated heterocycles. The molecule has 26 heavy (non-hydrogen) atoms. The molecular weight excluding hydrogens is 348 g/mol. The number of anilines is 3. The summed E-state index contributed by atoms with van der Waals surface area (Å²) in [4.78, 5) is 24.4. The van der Waals surface area contributed by atoms with E-state index in [1.165, 1.54) is 17.7 Å². The maximum Gasteiger partial charge on any atom is 0.324 e. The normalized spacial score (nSPS) is 10.8. The number of aliphatic imine (C=N–C) groups is 1. The van der Waals surface area contributed by atoms with Crippen LogP contribution in [0.1, 0.15) is 16.8 Å². The fourth-order valence-electron chi connectivity index (χ4n) is 2.22. The Morgan fingerprint density at radius 2 is 2.04 bits per heavy atom. The fourth-order valence-corrected chi connectivity index (χ4v) is 2.83. The van der Waals surface area contributed by atoms with Crippen molar-refractivity contribution in [1.82, 2.24) is 9.97 Å². The lowest BCUT2D eigenvalue weighted by atomic mass is 10.2. The van der Waals surface area contributed by atoms with Gasteiger partial charge < -0.3 is 11.1 Å². The third kappa shape index (κ3) is 4.64. The van der Waals surface area contributed by atoms with Gasteiger partial charge in [0.1, 0.15) is 12.1 Å². The monoisotopic (exact) mass is 366 g/mol. The molecule has 2 amide bonds. The SMILES string of the molecule is Cc1ncnc(N)c1C=NCc1ccc(NC(=O)Nc2cccs2)cc1. The summed E-state index contributed by atoms with van der Waals surface area (Å²) in [5.74, 6) is 0.414. The minimum absolute atomic E-state index is 0.270. The van der Waals surface area contributed by atoms with Crippen LogP contribution in [0.2, 0.25) is 0 Å². The number of nitrogens with two attached hydrogens (primary N) is 1. The van der Waals surface area contributed by atoms with Gasteiger partial charge in [-0.25, -0.2) is 14.8 Å². The number of benzene rings is 1. The van der Waals surface area contributed by atoms with Gasteiger partial charge in [-0.15, -0.1) is 11.3 Å². The van der Waals surface area contributed by atoms with E-state index < -0.39 is 0 Å². The van der Waals surface area contributed by atoms with Crippen LogP contribution in [0.4, 0.5) is 21.3 Å². The maximum absolute atomic E-state index is 11.9. The van der Waals surface area contributed by atoms with Crippen LogP contribution in [0.3, 0.4) is 0 Å². The molecule has 0 aliphatic rings. The number of carbonyl (C=O) groups is 1. The van der Waals surface area contributed by atoms with Crippen LogP contribution in [0.15, 0.2) is 53.1 Å². The van der Waals surface area contributed by atoms with E-state index in [-0.39, 0.29) is 6.03 Å². The molecule has 0 atom stereocenters. The van der Waals surface area contributed by atoms with Crippen molar-refractivity contribution < 1.29 is 4.79 Å². The van der Waals surface area contributed by atoms with E-state index in [1.54, 1.807) is 6.21 Å². The van der Waals surface area contributed by atoms with E-state index in [1.807, 2.05) is 48.7 Å². The van der Waals surface area contributed by atoms with Crippen molar-refractivity contribution >= 4 is 40.1 Å². The van der Waals surface area contributed by atoms with E-state index in [2.05, 4.69) is 25.6 Å². The van der Waals surface area contributed by atoms with Gasteiger partial charge in [-0.3, -0.25) is 10.3 Å². The molecule has 3 aromatic rings. The highest BCUT2D eigenvalue weighted by molar-refractivity contribution is 7.14. The number of nitrogens with one attached hydrogen (secondary N) is 2. The minimum Gasteiger partial charge on any atom is -0.383 e. The van der Waals surface area contributed by atoms with Gasteiger partial charge in [0.15, 0.2) is 0 Å². The molecule has 0 aliphatic carbocycles. The molecule has 3 rings (SSSR count). The van der Waals surface area contributed by atoms with E-state index in [0.29, 0.717) is 18.1 Å². The smallest absolute Gasteiger partial charge is 0.324 e. The van der Waals surface area contributed by atoms with Gasteiger partial charge in [-0.2, -0.15) is 0 Å². The predicted molar refractivity (Wildman–Crippen MR) is 106 cm³/mol. The quantitative estimate of drug-likeness (QED) is 0.599. The van der Waals surface area contributed by atoms with Gasteiger partial charge in [-0.1, -0.05) is 12.1 Å². The van der Waals surface area contributed by atoms with E-state index in [9.17, 15) is 4.79 Å². The van der Waals surface area contributed by atoms with Gasteiger partial charge in [-0.05, 0) is 42.1 Å². The summed E-state index contributed by atoms with van der Waals surface area (Å²) in [6, 6.07) is 11.0. The standard InChI is InChI=1S/C18H18N6OS/c1-12-15(17(19)22-11-21-12)10-20-9-13-4-6-14(7-5-13)23-18(25)24-16-3-2-8-26-16/h2-8,10-11H,9H2,1H3,(H2,19,21,22)(H2,23,24,25). The van der Waals surface area contributed by atoms with Crippen molar-refractivity contribution in [3.05, 3.63) is 64.9 Å². The number of nitrogens with zero attached hydrogens (tertiary/aromatic N) is 3. The zero-order valence-electron chi connectivity index (χ0n) is 14.1. The molecule has 0 fully saturated rings. The van der Waals surface area contributed by atoms with Crippen molar-refractivity contribution in [3.8, 4) is 0 Å². The Morgan fingerprint density at radius 1 is 1.23 bits per heavy atom. The molecule has 1 aromatic carbocycles. The van der Waals surface area contributed by atoms with Crippen LogP contribution in [0, 0.1) is 6.92 Å². The minimum atomic E-state index is -0.270. The number of amides is 2. The lowest BCUT2D eigenvalue weighted by Gasteiger charge is -2.06. The highest BCUT2D eigenvalue weighted by atomic mass is 32.1. The van der Waals surface area contributed by atoms with Gasteiger partial charge in [0.05, 0.1) is 22.8 Å². The second kappa shape index (κ2) is 8.21. The Balaban J connectivity index is 1.56. The molecule has 8 heteroatoms. The largest absolute Gasteiger partial charge is 0.383 e. The molecule has 2 aromatic heterocycles. The Morgan fingerprint density at radius 3 is 2.73 bits per heavy atom. The topological polar surface area (TPSA) is 105 Å². The lowest BCUT2D eigenvalue weighted by Crippen LogP contribution is -2.18. The first kappa shape index (κ1) is 17.6. The third-order valence-electron chi connectivity index (χ3n) is 3.58. The van der Waals surface area contributed by atoms with Crippen LogP contribution in [0.25, 0.3) is 0 Å². The maximum atomic E-state index is 11.9. The molecule has 0 bridgehead atoms. The number of urea groups is 1. The van der Waals surface area contributed by atoms with Crippen LogP contribution in [-0.4, -0.2) is 22.2 Å². The summed E-state index contributed by atoms with van der Waals surface area (Å²) in [7, 11) is 0. The van der Waals surface area contributed by atoms with Crippen molar-refractivity contribution in [2.45, 2.75) is 13.5 Å². The summed E-state index contributed by atoms with van der Waals surface area (Å²) in [5.41, 5.74) is 9.07. The first-order valence-corrected chi connectivity index (χ1v) is 8.77. The average Bonchev–Trinajstić information content (AvgIpc) is 3.12. The molecule has 0 radical (unpaired) electrons. The van der Waals surface area contributed by atoms with E-state index in [0.717, 1.165) is 21.8 Å². The Kier molecular flexibility index (Phi) is 5.55. The second-order valence-electron chi connectivity index (χ2n) is 5.48. The summed E-state index contributed by atoms with van der Waals surface area (Å²) in [6.45, 7) is 2.36. The number of thiophene rings is 1. The Bertz CT molecular complexity index is 886. The number of hydrogen-bond acceptors (Lipinski definition) is 6. The molecule has 2 heterocycles.